The largest absolute Gasteiger partial charge is 0.492 e. The van der Waals surface area contributed by atoms with Gasteiger partial charge in [-0.05, 0) is 0 Å². The highest BCUT2D eigenvalue weighted by Gasteiger charge is 2.27. The first-order chi connectivity index (χ1) is 8.48. The lowest BCUT2D eigenvalue weighted by Gasteiger charge is -2.27. The summed E-state index contributed by atoms with van der Waals surface area (Å²) in [5.41, 5.74) is 6.13. The van der Waals surface area contributed by atoms with E-state index in [9.17, 15) is 8.42 Å². The topological polar surface area (TPSA) is 96.4 Å². The lowest BCUT2D eigenvalue weighted by atomic mass is 10.3. The van der Waals surface area contributed by atoms with Crippen molar-refractivity contribution in [3.05, 3.63) is 4.88 Å². The first kappa shape index (κ1) is 13.0. The van der Waals surface area contributed by atoms with E-state index in [1.165, 1.54) is 18.4 Å². The van der Waals surface area contributed by atoms with Gasteiger partial charge in [-0.3, -0.25) is 0 Å². The van der Waals surface area contributed by atoms with Crippen molar-refractivity contribution >= 4 is 31.9 Å². The highest BCUT2D eigenvalue weighted by molar-refractivity contribution is 7.91. The van der Waals surface area contributed by atoms with Gasteiger partial charge in [0.15, 0.2) is 15.6 Å². The van der Waals surface area contributed by atoms with E-state index in [0.29, 0.717) is 29.4 Å². The quantitative estimate of drug-likeness (QED) is 0.848. The molecule has 0 atom stereocenters. The van der Waals surface area contributed by atoms with Crippen molar-refractivity contribution in [3.8, 4) is 11.8 Å². The first-order valence-corrected chi connectivity index (χ1v) is 7.94. The van der Waals surface area contributed by atoms with Crippen molar-refractivity contribution in [2.24, 2.45) is 0 Å². The van der Waals surface area contributed by atoms with Gasteiger partial charge in [0.05, 0.1) is 18.6 Å². The third kappa shape index (κ3) is 2.23. The average Bonchev–Trinajstić information content (AvgIpc) is 2.65. The minimum Gasteiger partial charge on any atom is -0.492 e. The number of thiophene rings is 1. The second kappa shape index (κ2) is 4.66. The number of nitrogen functional groups attached to an aromatic ring is 1. The number of rotatable bonds is 2. The van der Waals surface area contributed by atoms with Crippen molar-refractivity contribution in [1.82, 2.24) is 0 Å². The maximum atomic E-state index is 11.4. The van der Waals surface area contributed by atoms with Crippen LogP contribution in [0.3, 0.4) is 0 Å². The Kier molecular flexibility index (Phi) is 3.36. The summed E-state index contributed by atoms with van der Waals surface area (Å²) >= 11 is 1.24. The molecule has 0 aromatic carbocycles. The number of methoxy groups -OCH3 is 1. The van der Waals surface area contributed by atoms with E-state index in [1.54, 1.807) is 0 Å². The zero-order valence-electron chi connectivity index (χ0n) is 9.84. The molecule has 8 heteroatoms. The molecule has 0 aliphatic carbocycles. The van der Waals surface area contributed by atoms with Crippen LogP contribution < -0.4 is 15.4 Å². The molecule has 1 saturated heterocycles. The van der Waals surface area contributed by atoms with E-state index in [-0.39, 0.29) is 11.5 Å². The fraction of sp³-hybridized carbons (Fsp3) is 0.500. The number of nitrogens with zero attached hydrogens (tertiary/aromatic N) is 2. The Morgan fingerprint density at radius 3 is 2.56 bits per heavy atom. The minimum atomic E-state index is -2.93. The molecule has 6 nitrogen and oxygen atoms in total. The lowest BCUT2D eigenvalue weighted by Crippen LogP contribution is -2.40. The summed E-state index contributed by atoms with van der Waals surface area (Å²) in [6, 6.07) is 2.01. The Hall–Kier alpha value is -1.46. The number of ether oxygens (including phenoxy) is 1. The van der Waals surface area contributed by atoms with Crippen LogP contribution in [-0.2, 0) is 9.84 Å². The van der Waals surface area contributed by atoms with E-state index >= 15 is 0 Å². The summed E-state index contributed by atoms with van der Waals surface area (Å²) in [6.07, 6.45) is 0. The molecular weight excluding hydrogens is 274 g/mol. The lowest BCUT2D eigenvalue weighted by molar-refractivity contribution is 0.418. The Balaban J connectivity index is 2.32. The highest BCUT2D eigenvalue weighted by Crippen LogP contribution is 2.44. The molecule has 0 unspecified atom stereocenters. The highest BCUT2D eigenvalue weighted by atomic mass is 32.2. The maximum absolute atomic E-state index is 11.4. The van der Waals surface area contributed by atoms with Gasteiger partial charge in [-0.2, -0.15) is 5.26 Å². The molecule has 0 amide bonds. The van der Waals surface area contributed by atoms with Crippen molar-refractivity contribution in [2.45, 2.75) is 0 Å². The summed E-state index contributed by atoms with van der Waals surface area (Å²) in [5.74, 6) is 0.710. The second-order valence-electron chi connectivity index (χ2n) is 3.93. The Bertz CT molecular complexity index is 587. The number of hydrogen-bond acceptors (Lipinski definition) is 7. The molecule has 2 rings (SSSR count). The number of nitrogens with two attached hydrogens (primary N) is 1. The van der Waals surface area contributed by atoms with Gasteiger partial charge in [-0.25, -0.2) is 8.42 Å². The van der Waals surface area contributed by atoms with Crippen LogP contribution >= 0.6 is 11.3 Å². The summed E-state index contributed by atoms with van der Waals surface area (Å²) in [5, 5.41) is 9.68. The van der Waals surface area contributed by atoms with Crippen molar-refractivity contribution < 1.29 is 13.2 Å². The molecule has 1 aromatic rings. The molecule has 2 heterocycles. The first-order valence-electron chi connectivity index (χ1n) is 5.30. The molecule has 18 heavy (non-hydrogen) atoms. The monoisotopic (exact) mass is 287 g/mol. The van der Waals surface area contributed by atoms with Gasteiger partial charge in [0.25, 0.3) is 0 Å². The van der Waals surface area contributed by atoms with Crippen molar-refractivity contribution in [1.29, 1.82) is 5.26 Å². The molecule has 2 N–H and O–H groups in total. The zero-order valence-corrected chi connectivity index (χ0v) is 11.5. The van der Waals surface area contributed by atoms with E-state index in [4.69, 9.17) is 15.7 Å². The molecule has 98 valence electrons. The summed E-state index contributed by atoms with van der Waals surface area (Å²) in [6.45, 7) is 0.813. The Labute approximate surface area is 109 Å². The fourth-order valence-corrected chi connectivity index (χ4v) is 4.06. The standard InChI is InChI=1S/C10H13N3O3S2/c1-16-9-8(12)7(6-11)17-10(9)13-2-4-18(14,15)5-3-13/h2-5,12H2,1H3. The van der Waals surface area contributed by atoms with E-state index in [2.05, 4.69) is 0 Å². The zero-order chi connectivity index (χ0) is 13.3. The second-order valence-corrected chi connectivity index (χ2v) is 7.24. The smallest absolute Gasteiger partial charge is 0.177 e. The van der Waals surface area contributed by atoms with Gasteiger partial charge in [0, 0.05) is 13.1 Å². The van der Waals surface area contributed by atoms with Crippen LogP contribution in [0.5, 0.6) is 5.75 Å². The van der Waals surface area contributed by atoms with Gasteiger partial charge in [0.2, 0.25) is 0 Å². The van der Waals surface area contributed by atoms with E-state index < -0.39 is 9.84 Å². The summed E-state index contributed by atoms with van der Waals surface area (Å²) in [7, 11) is -1.44. The van der Waals surface area contributed by atoms with Gasteiger partial charge >= 0.3 is 0 Å². The summed E-state index contributed by atoms with van der Waals surface area (Å²) in [4.78, 5) is 2.30. The van der Waals surface area contributed by atoms with Gasteiger partial charge < -0.3 is 15.4 Å². The molecule has 1 aromatic heterocycles. The predicted octanol–water partition coefficient (Wildman–Crippen LogP) is 0.445. The fourth-order valence-electron chi connectivity index (χ4n) is 1.82. The minimum absolute atomic E-state index is 0.121. The van der Waals surface area contributed by atoms with Gasteiger partial charge in [-0.15, -0.1) is 11.3 Å². The van der Waals surface area contributed by atoms with Crippen LogP contribution in [0.2, 0.25) is 0 Å². The van der Waals surface area contributed by atoms with E-state index in [1.807, 2.05) is 11.0 Å². The molecule has 0 saturated carbocycles. The van der Waals surface area contributed by atoms with Crippen LogP contribution in [0.25, 0.3) is 0 Å². The van der Waals surface area contributed by atoms with Crippen LogP contribution in [-0.4, -0.2) is 40.1 Å². The van der Waals surface area contributed by atoms with Crippen molar-refractivity contribution in [3.63, 3.8) is 0 Å². The predicted molar refractivity (Wildman–Crippen MR) is 70.9 cm³/mol. The molecule has 1 aliphatic heterocycles. The SMILES string of the molecule is COc1c(N2CCS(=O)(=O)CC2)sc(C#N)c1N. The molecule has 0 bridgehead atoms. The molecule has 1 aliphatic rings. The van der Waals surface area contributed by atoms with Crippen LogP contribution in [0.15, 0.2) is 0 Å². The molecular formula is C10H13N3O3S2. The number of anilines is 2. The number of nitriles is 1. The van der Waals surface area contributed by atoms with Crippen LogP contribution in [0, 0.1) is 11.3 Å². The normalized spacial score (nSPS) is 18.3. The van der Waals surface area contributed by atoms with Gasteiger partial charge in [0.1, 0.15) is 21.6 Å². The molecule has 0 radical (unpaired) electrons. The van der Waals surface area contributed by atoms with Crippen LogP contribution in [0.1, 0.15) is 4.88 Å². The molecule has 1 fully saturated rings. The van der Waals surface area contributed by atoms with Gasteiger partial charge in [-0.1, -0.05) is 0 Å². The maximum Gasteiger partial charge on any atom is 0.177 e. The van der Waals surface area contributed by atoms with E-state index in [0.717, 1.165) is 5.00 Å². The Morgan fingerprint density at radius 2 is 2.06 bits per heavy atom. The van der Waals surface area contributed by atoms with Crippen LogP contribution in [0.4, 0.5) is 10.7 Å². The number of sulfone groups is 1. The average molecular weight is 287 g/mol. The third-order valence-corrected chi connectivity index (χ3v) is 5.58. The molecule has 0 spiro atoms. The third-order valence-electron chi connectivity index (χ3n) is 2.82. The number of hydrogen-bond donors (Lipinski definition) is 1. The summed E-state index contributed by atoms with van der Waals surface area (Å²) < 4.78 is 28.0. The Morgan fingerprint density at radius 1 is 1.44 bits per heavy atom. The van der Waals surface area contributed by atoms with Crippen molar-refractivity contribution in [2.75, 3.05) is 42.3 Å².